The van der Waals surface area contributed by atoms with E-state index in [0.717, 1.165) is 12.8 Å². The summed E-state index contributed by atoms with van der Waals surface area (Å²) < 4.78 is 0. The van der Waals surface area contributed by atoms with Crippen LogP contribution in [0.2, 0.25) is 0 Å². The highest BCUT2D eigenvalue weighted by Gasteiger charge is 2.43. The summed E-state index contributed by atoms with van der Waals surface area (Å²) in [5, 5.41) is 14.0. The second-order valence-corrected chi connectivity index (χ2v) is 4.44. The van der Waals surface area contributed by atoms with Gasteiger partial charge in [0.1, 0.15) is 0 Å². The maximum Gasteiger partial charge on any atom is 0.321 e. The fraction of sp³-hybridized carbons (Fsp3) is 0.444. The quantitative estimate of drug-likeness (QED) is 0.501. The first-order valence-corrected chi connectivity index (χ1v) is 5.90. The molecule has 2 rings (SSSR count). The zero-order valence-corrected chi connectivity index (χ0v) is 9.91. The number of nitro groups is 1. The smallest absolute Gasteiger partial charge is 0.321 e. The molecule has 0 bridgehead atoms. The number of H-pyrrole nitrogens is 1. The summed E-state index contributed by atoms with van der Waals surface area (Å²) in [5.41, 5.74) is 0.0654. The van der Waals surface area contributed by atoms with Gasteiger partial charge in [-0.2, -0.15) is 0 Å². The molecule has 0 unspecified atom stereocenters. The number of hydrogen-bond acceptors (Lipinski definition) is 3. The Labute approximate surface area is 99.7 Å². The average Bonchev–Trinajstić information content (AvgIpc) is 2.83. The normalized spacial score (nSPS) is 16.8. The molecule has 0 saturated heterocycles. The lowest BCUT2D eigenvalue weighted by molar-refractivity contribution is -0.389. The SMILES string of the molecule is O=C(NC1(CBr)CC1)c1ccc([N+](=O)[O-])[nH]1. The number of rotatable bonds is 4. The predicted octanol–water partition coefficient (Wildman–Crippen LogP) is 1.58. The fourth-order valence-corrected chi connectivity index (χ4v) is 2.07. The first-order valence-electron chi connectivity index (χ1n) is 4.78. The van der Waals surface area contributed by atoms with Crippen LogP contribution in [0.3, 0.4) is 0 Å². The zero-order valence-electron chi connectivity index (χ0n) is 8.33. The number of alkyl halides is 1. The third kappa shape index (κ3) is 2.08. The summed E-state index contributed by atoms with van der Waals surface area (Å²) in [6.45, 7) is 0. The molecule has 86 valence electrons. The van der Waals surface area contributed by atoms with E-state index in [0.29, 0.717) is 5.33 Å². The molecule has 0 atom stereocenters. The summed E-state index contributed by atoms with van der Waals surface area (Å²) in [5.74, 6) is -0.473. The molecule has 0 spiro atoms. The van der Waals surface area contributed by atoms with Gasteiger partial charge in [-0.05, 0) is 23.8 Å². The maximum absolute atomic E-state index is 11.7. The van der Waals surface area contributed by atoms with E-state index in [1.165, 1.54) is 12.1 Å². The molecule has 1 amide bonds. The average molecular weight is 288 g/mol. The van der Waals surface area contributed by atoms with Gasteiger partial charge in [0.25, 0.3) is 5.91 Å². The molecule has 1 aromatic rings. The molecule has 1 aromatic heterocycles. The summed E-state index contributed by atoms with van der Waals surface area (Å²) in [6, 6.07) is 2.69. The van der Waals surface area contributed by atoms with Gasteiger partial charge in [0, 0.05) is 11.4 Å². The van der Waals surface area contributed by atoms with Crippen molar-refractivity contribution in [2.45, 2.75) is 18.4 Å². The van der Waals surface area contributed by atoms with Crippen molar-refractivity contribution in [2.75, 3.05) is 5.33 Å². The lowest BCUT2D eigenvalue weighted by atomic mass is 10.3. The van der Waals surface area contributed by atoms with E-state index in [1.54, 1.807) is 0 Å². The first kappa shape index (κ1) is 11.1. The molecule has 0 aromatic carbocycles. The molecule has 1 aliphatic carbocycles. The van der Waals surface area contributed by atoms with Crippen molar-refractivity contribution in [3.05, 3.63) is 27.9 Å². The van der Waals surface area contributed by atoms with E-state index < -0.39 is 4.92 Å². The topological polar surface area (TPSA) is 88.0 Å². The number of nitrogens with one attached hydrogen (secondary N) is 2. The predicted molar refractivity (Wildman–Crippen MR) is 60.7 cm³/mol. The van der Waals surface area contributed by atoms with Gasteiger partial charge in [0.05, 0.1) is 5.54 Å². The third-order valence-corrected chi connectivity index (χ3v) is 3.67. The Bertz CT molecular complexity index is 439. The molecule has 7 heteroatoms. The highest BCUT2D eigenvalue weighted by Crippen LogP contribution is 2.37. The zero-order chi connectivity index (χ0) is 11.8. The van der Waals surface area contributed by atoms with Gasteiger partial charge in [-0.15, -0.1) is 0 Å². The molecule has 16 heavy (non-hydrogen) atoms. The Kier molecular flexibility index (Phi) is 2.71. The summed E-state index contributed by atoms with van der Waals surface area (Å²) in [6.07, 6.45) is 1.87. The van der Waals surface area contributed by atoms with Crippen LogP contribution in [0, 0.1) is 10.1 Å². The second kappa shape index (κ2) is 3.89. The molecular formula is C9H10BrN3O3. The number of nitrogens with zero attached hydrogens (tertiary/aromatic N) is 1. The van der Waals surface area contributed by atoms with Crippen LogP contribution in [-0.2, 0) is 0 Å². The van der Waals surface area contributed by atoms with Crippen molar-refractivity contribution in [1.82, 2.24) is 10.3 Å². The van der Waals surface area contributed by atoms with E-state index in [2.05, 4.69) is 26.2 Å². The monoisotopic (exact) mass is 287 g/mol. The number of aromatic amines is 1. The molecule has 1 heterocycles. The van der Waals surface area contributed by atoms with Gasteiger partial charge in [0.2, 0.25) is 0 Å². The number of carbonyl (C=O) groups excluding carboxylic acids is 1. The van der Waals surface area contributed by atoms with Gasteiger partial charge >= 0.3 is 5.82 Å². The van der Waals surface area contributed by atoms with Crippen LogP contribution in [0.15, 0.2) is 12.1 Å². The van der Waals surface area contributed by atoms with Crippen LogP contribution in [0.5, 0.6) is 0 Å². The van der Waals surface area contributed by atoms with Crippen LogP contribution in [0.1, 0.15) is 23.3 Å². The van der Waals surface area contributed by atoms with Crippen molar-refractivity contribution < 1.29 is 9.72 Å². The van der Waals surface area contributed by atoms with Crippen LogP contribution in [0.4, 0.5) is 5.82 Å². The Balaban J connectivity index is 2.06. The van der Waals surface area contributed by atoms with Gasteiger partial charge in [-0.25, -0.2) is 4.98 Å². The Hall–Kier alpha value is -1.37. The van der Waals surface area contributed by atoms with Crippen LogP contribution < -0.4 is 5.32 Å². The molecule has 1 saturated carbocycles. The number of halogens is 1. The lowest BCUT2D eigenvalue weighted by Gasteiger charge is -2.11. The van der Waals surface area contributed by atoms with Gasteiger partial charge in [-0.3, -0.25) is 4.79 Å². The van der Waals surface area contributed by atoms with E-state index in [1.807, 2.05) is 0 Å². The van der Waals surface area contributed by atoms with E-state index in [4.69, 9.17) is 0 Å². The Morgan fingerprint density at radius 2 is 2.31 bits per heavy atom. The molecule has 2 N–H and O–H groups in total. The first-order chi connectivity index (χ1) is 7.56. The van der Waals surface area contributed by atoms with Crippen molar-refractivity contribution in [3.63, 3.8) is 0 Å². The fourth-order valence-electron chi connectivity index (χ4n) is 1.37. The molecule has 0 aliphatic heterocycles. The summed E-state index contributed by atoms with van der Waals surface area (Å²) in [4.78, 5) is 24.0. The van der Waals surface area contributed by atoms with Crippen LogP contribution >= 0.6 is 15.9 Å². The van der Waals surface area contributed by atoms with E-state index >= 15 is 0 Å². The van der Waals surface area contributed by atoms with Crippen LogP contribution in [0.25, 0.3) is 0 Å². The number of amides is 1. The summed E-state index contributed by atoms with van der Waals surface area (Å²) >= 11 is 3.33. The van der Waals surface area contributed by atoms with Gasteiger partial charge in [0.15, 0.2) is 5.69 Å². The molecule has 0 radical (unpaired) electrons. The number of hydrogen-bond donors (Lipinski definition) is 2. The highest BCUT2D eigenvalue weighted by molar-refractivity contribution is 9.09. The van der Waals surface area contributed by atoms with Crippen molar-refractivity contribution in [3.8, 4) is 0 Å². The highest BCUT2D eigenvalue weighted by atomic mass is 79.9. The van der Waals surface area contributed by atoms with E-state index in [-0.39, 0.29) is 23.0 Å². The molecule has 1 aliphatic rings. The third-order valence-electron chi connectivity index (χ3n) is 2.60. The van der Waals surface area contributed by atoms with Gasteiger partial charge < -0.3 is 15.4 Å². The lowest BCUT2D eigenvalue weighted by Crippen LogP contribution is -2.38. The standard InChI is InChI=1S/C9H10BrN3O3/c10-5-9(3-4-9)12-8(14)6-1-2-7(11-6)13(15)16/h1-2,11H,3-5H2,(H,12,14). The number of carbonyl (C=O) groups is 1. The molecule has 1 fully saturated rings. The Morgan fingerprint density at radius 3 is 2.75 bits per heavy atom. The molecule has 6 nitrogen and oxygen atoms in total. The van der Waals surface area contributed by atoms with Crippen molar-refractivity contribution in [1.29, 1.82) is 0 Å². The minimum Gasteiger partial charge on any atom is -0.358 e. The maximum atomic E-state index is 11.7. The van der Waals surface area contributed by atoms with Crippen molar-refractivity contribution >= 4 is 27.7 Å². The van der Waals surface area contributed by atoms with Gasteiger partial charge in [-0.1, -0.05) is 15.9 Å². The van der Waals surface area contributed by atoms with Crippen LogP contribution in [-0.4, -0.2) is 26.7 Å². The molecular weight excluding hydrogens is 278 g/mol. The number of aromatic nitrogens is 1. The minimum atomic E-state index is -0.561. The largest absolute Gasteiger partial charge is 0.358 e. The minimum absolute atomic E-state index is 0.156. The second-order valence-electron chi connectivity index (χ2n) is 3.88. The van der Waals surface area contributed by atoms with Crippen molar-refractivity contribution in [2.24, 2.45) is 0 Å². The summed E-state index contributed by atoms with van der Waals surface area (Å²) in [7, 11) is 0. The van der Waals surface area contributed by atoms with E-state index in [9.17, 15) is 14.9 Å². The Morgan fingerprint density at radius 1 is 1.62 bits per heavy atom.